The maximum absolute atomic E-state index is 10.8. The molecule has 1 aromatic heterocycles. The minimum absolute atomic E-state index is 0. The van der Waals surface area contributed by atoms with Gasteiger partial charge in [-0.25, -0.2) is 4.99 Å². The van der Waals surface area contributed by atoms with E-state index in [0.29, 0.717) is 24.6 Å². The lowest BCUT2D eigenvalue weighted by Gasteiger charge is -2.57. The van der Waals surface area contributed by atoms with E-state index in [9.17, 15) is 5.11 Å². The number of ether oxygens (including phenoxy) is 1. The number of rotatable bonds is 5. The van der Waals surface area contributed by atoms with Crippen molar-refractivity contribution in [1.82, 2.24) is 20.4 Å². The van der Waals surface area contributed by atoms with Crippen molar-refractivity contribution in [1.29, 1.82) is 0 Å². The van der Waals surface area contributed by atoms with Crippen LogP contribution in [0.1, 0.15) is 51.5 Å². The normalized spacial score (nSPS) is 30.3. The Morgan fingerprint density at radius 2 is 2.21 bits per heavy atom. The fourth-order valence-corrected chi connectivity index (χ4v) is 5.40. The lowest BCUT2D eigenvalue weighted by molar-refractivity contribution is -0.125. The first-order valence-corrected chi connectivity index (χ1v) is 10.3. The van der Waals surface area contributed by atoms with E-state index in [1.165, 1.54) is 25.7 Å². The predicted octanol–water partition coefficient (Wildman–Crippen LogP) is 2.15. The maximum atomic E-state index is 10.8. The average molecular weight is 503 g/mol. The minimum atomic E-state index is -1.04. The zero-order valence-corrected chi connectivity index (χ0v) is 19.5. The first-order valence-electron chi connectivity index (χ1n) is 10.3. The van der Waals surface area contributed by atoms with Gasteiger partial charge in [0.2, 0.25) is 0 Å². The Labute approximate surface area is 184 Å². The largest absolute Gasteiger partial charge is 0.383 e. The van der Waals surface area contributed by atoms with Crippen LogP contribution in [-0.2, 0) is 17.4 Å². The van der Waals surface area contributed by atoms with Crippen molar-refractivity contribution < 1.29 is 9.84 Å². The fraction of sp³-hybridized carbons (Fsp3) is 0.800. The average Bonchev–Trinajstić information content (AvgIpc) is 3.36. The lowest BCUT2D eigenvalue weighted by Crippen LogP contribution is -2.69. The summed E-state index contributed by atoms with van der Waals surface area (Å²) in [6, 6.07) is 0.425. The SMILES string of the molecule is CCNC(=NCC(C)(O)c1cnn(C)c1)NC1C2CCOC2C12CCCC2.I. The summed E-state index contributed by atoms with van der Waals surface area (Å²) in [4.78, 5) is 4.73. The Balaban J connectivity index is 0.00000225. The molecule has 0 aromatic carbocycles. The van der Waals surface area contributed by atoms with Crippen molar-refractivity contribution in [3.63, 3.8) is 0 Å². The van der Waals surface area contributed by atoms with E-state index in [4.69, 9.17) is 9.73 Å². The van der Waals surface area contributed by atoms with Gasteiger partial charge < -0.3 is 20.5 Å². The monoisotopic (exact) mass is 503 g/mol. The highest BCUT2D eigenvalue weighted by Crippen LogP contribution is 2.60. The molecule has 7 nitrogen and oxygen atoms in total. The van der Waals surface area contributed by atoms with Crippen molar-refractivity contribution >= 4 is 29.9 Å². The van der Waals surface area contributed by atoms with Gasteiger partial charge in [0.15, 0.2) is 5.96 Å². The number of hydrogen-bond donors (Lipinski definition) is 3. The summed E-state index contributed by atoms with van der Waals surface area (Å²) in [5, 5.41) is 22.1. The molecule has 4 unspecified atom stereocenters. The number of guanidine groups is 1. The molecule has 0 radical (unpaired) electrons. The van der Waals surface area contributed by atoms with Gasteiger partial charge in [-0.3, -0.25) is 4.68 Å². The summed E-state index contributed by atoms with van der Waals surface area (Å²) in [7, 11) is 1.85. The lowest BCUT2D eigenvalue weighted by atomic mass is 9.54. The van der Waals surface area contributed by atoms with Crippen LogP contribution in [0.5, 0.6) is 0 Å². The van der Waals surface area contributed by atoms with Gasteiger partial charge in [0.1, 0.15) is 5.60 Å². The molecule has 2 saturated carbocycles. The molecule has 2 heterocycles. The third kappa shape index (κ3) is 3.79. The molecule has 0 bridgehead atoms. The fourth-order valence-electron chi connectivity index (χ4n) is 5.40. The van der Waals surface area contributed by atoms with E-state index in [0.717, 1.165) is 31.1 Å². The second-order valence-corrected chi connectivity index (χ2v) is 8.68. The zero-order valence-electron chi connectivity index (χ0n) is 17.1. The van der Waals surface area contributed by atoms with Gasteiger partial charge in [-0.15, -0.1) is 24.0 Å². The molecule has 1 aromatic rings. The van der Waals surface area contributed by atoms with E-state index >= 15 is 0 Å². The summed E-state index contributed by atoms with van der Waals surface area (Å²) in [5.74, 6) is 1.38. The first kappa shape index (κ1) is 21.8. The number of nitrogens with zero attached hydrogens (tertiary/aromatic N) is 3. The topological polar surface area (TPSA) is 83.7 Å². The number of aromatic nitrogens is 2. The van der Waals surface area contributed by atoms with Crippen LogP contribution >= 0.6 is 24.0 Å². The standard InChI is InChI=1S/C20H33N5O2.HI/c1-4-21-18(22-13-19(2,26)14-11-23-25(3)12-14)24-16-15-7-10-27-17(15)20(16)8-5-6-9-20;/h11-12,15-17,26H,4-10,13H2,1-3H3,(H2,21,22,24);1H. The van der Waals surface area contributed by atoms with Gasteiger partial charge in [0.05, 0.1) is 18.8 Å². The summed E-state index contributed by atoms with van der Waals surface area (Å²) in [5.41, 5.74) is 0.0218. The third-order valence-electron chi connectivity index (χ3n) is 6.79. The van der Waals surface area contributed by atoms with Crippen LogP contribution in [0.15, 0.2) is 17.4 Å². The smallest absolute Gasteiger partial charge is 0.191 e. The predicted molar refractivity (Wildman–Crippen MR) is 120 cm³/mol. The summed E-state index contributed by atoms with van der Waals surface area (Å²) >= 11 is 0. The van der Waals surface area contributed by atoms with Crippen LogP contribution in [-0.4, -0.2) is 52.7 Å². The summed E-state index contributed by atoms with van der Waals surface area (Å²) < 4.78 is 7.79. The van der Waals surface area contributed by atoms with Gasteiger partial charge in [-0.2, -0.15) is 5.10 Å². The molecule has 4 rings (SSSR count). The minimum Gasteiger partial charge on any atom is -0.383 e. The van der Waals surface area contributed by atoms with Gasteiger partial charge in [-0.1, -0.05) is 12.8 Å². The molecule has 28 heavy (non-hydrogen) atoms. The number of aryl methyl sites for hydroxylation is 1. The van der Waals surface area contributed by atoms with Crippen LogP contribution in [0.3, 0.4) is 0 Å². The zero-order chi connectivity index (χ0) is 19.1. The van der Waals surface area contributed by atoms with E-state index in [2.05, 4.69) is 22.7 Å². The summed E-state index contributed by atoms with van der Waals surface area (Å²) in [6.07, 6.45) is 10.2. The molecule has 1 saturated heterocycles. The third-order valence-corrected chi connectivity index (χ3v) is 6.79. The highest BCUT2D eigenvalue weighted by molar-refractivity contribution is 14.0. The number of fused-ring (bicyclic) bond motifs is 2. The Kier molecular flexibility index (Phi) is 6.61. The second kappa shape index (κ2) is 8.47. The Bertz CT molecular complexity index is 699. The molecule has 8 heteroatoms. The molecule has 1 spiro atoms. The molecule has 0 amide bonds. The summed E-state index contributed by atoms with van der Waals surface area (Å²) in [6.45, 7) is 5.84. The quantitative estimate of drug-likeness (QED) is 0.326. The maximum Gasteiger partial charge on any atom is 0.191 e. The molecule has 2 aliphatic carbocycles. The molecule has 158 valence electrons. The number of halogens is 1. The molecule has 3 aliphatic rings. The molecule has 3 fully saturated rings. The van der Waals surface area contributed by atoms with Gasteiger partial charge in [0.25, 0.3) is 0 Å². The van der Waals surface area contributed by atoms with Crippen LogP contribution in [0.4, 0.5) is 0 Å². The van der Waals surface area contributed by atoms with Crippen LogP contribution in [0.2, 0.25) is 0 Å². The van der Waals surface area contributed by atoms with E-state index < -0.39 is 5.60 Å². The Hall–Kier alpha value is -0.870. The molecule has 4 atom stereocenters. The van der Waals surface area contributed by atoms with Crippen LogP contribution in [0, 0.1) is 11.3 Å². The van der Waals surface area contributed by atoms with Crippen molar-refractivity contribution in [2.24, 2.45) is 23.4 Å². The van der Waals surface area contributed by atoms with Gasteiger partial charge >= 0.3 is 0 Å². The number of aliphatic imine (C=N–C) groups is 1. The Morgan fingerprint density at radius 1 is 1.46 bits per heavy atom. The first-order chi connectivity index (χ1) is 13.0. The number of nitrogens with one attached hydrogen (secondary N) is 2. The highest BCUT2D eigenvalue weighted by Gasteiger charge is 2.65. The molecular weight excluding hydrogens is 469 g/mol. The van der Waals surface area contributed by atoms with Crippen LogP contribution in [0.25, 0.3) is 0 Å². The Morgan fingerprint density at radius 3 is 2.86 bits per heavy atom. The second-order valence-electron chi connectivity index (χ2n) is 8.68. The molecular formula is C20H34IN5O2. The van der Waals surface area contributed by atoms with Gasteiger partial charge in [-0.05, 0) is 33.1 Å². The van der Waals surface area contributed by atoms with E-state index in [1.54, 1.807) is 17.8 Å². The molecule has 3 N–H and O–H groups in total. The van der Waals surface area contributed by atoms with Crippen molar-refractivity contribution in [2.75, 3.05) is 19.7 Å². The highest BCUT2D eigenvalue weighted by atomic mass is 127. The van der Waals surface area contributed by atoms with E-state index in [1.807, 2.05) is 13.2 Å². The van der Waals surface area contributed by atoms with Gasteiger partial charge in [0, 0.05) is 49.3 Å². The van der Waals surface area contributed by atoms with Crippen molar-refractivity contribution in [2.45, 2.75) is 63.7 Å². The van der Waals surface area contributed by atoms with Crippen molar-refractivity contribution in [3.05, 3.63) is 18.0 Å². The van der Waals surface area contributed by atoms with Crippen molar-refractivity contribution in [3.8, 4) is 0 Å². The van der Waals surface area contributed by atoms with E-state index in [-0.39, 0.29) is 29.4 Å². The number of aliphatic hydroxyl groups is 1. The van der Waals surface area contributed by atoms with Crippen LogP contribution < -0.4 is 10.6 Å². The molecule has 1 aliphatic heterocycles. The number of hydrogen-bond acceptors (Lipinski definition) is 4.